The van der Waals surface area contributed by atoms with E-state index in [2.05, 4.69) is 10.6 Å². The largest absolute Gasteiger partial charge is 0.500 e. The number of carboxylic acids is 2. The molecule has 0 heterocycles. The van der Waals surface area contributed by atoms with Crippen molar-refractivity contribution < 1.29 is 56.3 Å². The number of hydrogen-bond acceptors (Lipinski definition) is 10. The van der Waals surface area contributed by atoms with Crippen molar-refractivity contribution in [2.75, 3.05) is 46.1 Å². The van der Waals surface area contributed by atoms with Gasteiger partial charge >= 0.3 is 29.3 Å². The zero-order valence-corrected chi connectivity index (χ0v) is 31.7. The number of carboxylic acid groups (broad SMARTS) is 2. The third-order valence-electron chi connectivity index (χ3n) is 7.54. The Kier molecular flexibility index (Phi) is 17.6. The predicted octanol–water partition coefficient (Wildman–Crippen LogP) is 4.75. The second-order valence-corrected chi connectivity index (χ2v) is 17.2. The van der Waals surface area contributed by atoms with Crippen LogP contribution in [0.4, 0.5) is 0 Å². The molecule has 0 aliphatic rings. The maximum atomic E-state index is 13.6. The summed E-state index contributed by atoms with van der Waals surface area (Å²) in [5.74, 6) is -4.74. The van der Waals surface area contributed by atoms with E-state index in [-0.39, 0.29) is 46.5 Å². The lowest BCUT2D eigenvalue weighted by Gasteiger charge is -2.28. The van der Waals surface area contributed by atoms with Gasteiger partial charge in [0.15, 0.2) is 5.78 Å². The third kappa shape index (κ3) is 12.2. The van der Waals surface area contributed by atoms with E-state index < -0.39 is 46.9 Å². The van der Waals surface area contributed by atoms with Gasteiger partial charge in [-0.1, -0.05) is 12.1 Å². The summed E-state index contributed by atoms with van der Waals surface area (Å²) >= 11 is 0. The first-order valence-corrected chi connectivity index (χ1v) is 21.3. The van der Waals surface area contributed by atoms with Crippen molar-refractivity contribution in [1.82, 2.24) is 10.6 Å². The second kappa shape index (κ2) is 20.8. The molecular weight excluding hydrogens is 685 g/mol. The topological polar surface area (TPSA) is 196 Å². The molecule has 0 saturated heterocycles. The Morgan fingerprint density at radius 1 is 0.580 bits per heavy atom. The van der Waals surface area contributed by atoms with Crippen LogP contribution in [0.2, 0.25) is 18.6 Å². The number of nitrogens with one attached hydrogen (secondary N) is 2. The van der Waals surface area contributed by atoms with Crippen molar-refractivity contribution in [2.45, 2.75) is 66.1 Å². The predicted molar refractivity (Wildman–Crippen MR) is 189 cm³/mol. The average Bonchev–Trinajstić information content (AvgIpc) is 3.08. The summed E-state index contributed by atoms with van der Waals surface area (Å²) in [4.78, 5) is 63.9. The molecule has 0 unspecified atom stereocenters. The number of ketones is 1. The summed E-state index contributed by atoms with van der Waals surface area (Å²) in [6.07, 6.45) is 0.963. The number of benzene rings is 2. The normalized spacial score (nSPS) is 11.6. The number of rotatable bonds is 24. The number of hydrogen-bond donors (Lipinski definition) is 4. The molecule has 0 atom stereocenters. The molecule has 2 aromatic carbocycles. The molecular formula is C34H50N2O12Si2. The van der Waals surface area contributed by atoms with Gasteiger partial charge in [-0.05, 0) is 84.3 Å². The molecule has 276 valence electrons. The van der Waals surface area contributed by atoms with Crippen LogP contribution >= 0.6 is 0 Å². The lowest BCUT2D eigenvalue weighted by atomic mass is 9.95. The van der Waals surface area contributed by atoms with Gasteiger partial charge in [-0.3, -0.25) is 14.4 Å². The van der Waals surface area contributed by atoms with Crippen LogP contribution in [0, 0.1) is 0 Å². The number of aromatic carboxylic acids is 2. The zero-order chi connectivity index (χ0) is 37.3. The summed E-state index contributed by atoms with van der Waals surface area (Å²) in [6, 6.07) is 8.22. The molecule has 4 N–H and O–H groups in total. The van der Waals surface area contributed by atoms with Crippen LogP contribution in [0.3, 0.4) is 0 Å². The molecule has 0 aromatic heterocycles. The first kappa shape index (κ1) is 42.4. The van der Waals surface area contributed by atoms with Crippen LogP contribution in [0.15, 0.2) is 36.4 Å². The minimum Gasteiger partial charge on any atom is -0.478 e. The van der Waals surface area contributed by atoms with Crippen LogP contribution in [0.25, 0.3) is 0 Å². The zero-order valence-electron chi connectivity index (χ0n) is 29.7. The van der Waals surface area contributed by atoms with Gasteiger partial charge < -0.3 is 43.0 Å². The van der Waals surface area contributed by atoms with E-state index in [1.54, 1.807) is 0 Å². The van der Waals surface area contributed by atoms with Crippen molar-refractivity contribution in [1.29, 1.82) is 0 Å². The average molecular weight is 735 g/mol. The van der Waals surface area contributed by atoms with E-state index in [1.165, 1.54) is 24.3 Å². The fourth-order valence-electron chi connectivity index (χ4n) is 5.39. The number of carbonyl (C=O) groups excluding carboxylic acids is 3. The highest BCUT2D eigenvalue weighted by Gasteiger charge is 2.39. The van der Waals surface area contributed by atoms with E-state index in [4.69, 9.17) is 22.1 Å². The molecule has 14 nitrogen and oxygen atoms in total. The smallest absolute Gasteiger partial charge is 0.478 e. The summed E-state index contributed by atoms with van der Waals surface area (Å²) in [6.45, 7) is 13.8. The van der Waals surface area contributed by atoms with Crippen LogP contribution < -0.4 is 10.6 Å². The Hall–Kier alpha value is -3.78. The highest BCUT2D eigenvalue weighted by Crippen LogP contribution is 2.21. The van der Waals surface area contributed by atoms with Gasteiger partial charge in [-0.15, -0.1) is 0 Å². The van der Waals surface area contributed by atoms with Crippen LogP contribution in [-0.2, 0) is 22.1 Å². The molecule has 0 radical (unpaired) electrons. The Labute approximate surface area is 295 Å². The Bertz CT molecular complexity index is 1460. The van der Waals surface area contributed by atoms with E-state index in [1.807, 2.05) is 41.2 Å². The van der Waals surface area contributed by atoms with Crippen LogP contribution in [0.1, 0.15) is 105 Å². The van der Waals surface area contributed by atoms with E-state index >= 15 is 0 Å². The highest BCUT2D eigenvalue weighted by atomic mass is 28.4. The minimum atomic E-state index is -2.95. The van der Waals surface area contributed by atoms with Gasteiger partial charge in [0.25, 0.3) is 11.8 Å². The van der Waals surface area contributed by atoms with Crippen LogP contribution in [0.5, 0.6) is 0 Å². The first-order valence-electron chi connectivity index (χ1n) is 16.9. The van der Waals surface area contributed by atoms with Crippen molar-refractivity contribution in [3.8, 4) is 0 Å². The lowest BCUT2D eigenvalue weighted by Crippen LogP contribution is -2.46. The minimum absolute atomic E-state index is 0.0219. The Morgan fingerprint density at radius 2 is 0.960 bits per heavy atom. The maximum absolute atomic E-state index is 13.6. The molecule has 2 aromatic rings. The lowest BCUT2D eigenvalue weighted by molar-refractivity contribution is 0.0682. The second-order valence-electron chi connectivity index (χ2n) is 11.2. The molecule has 50 heavy (non-hydrogen) atoms. The molecule has 2 rings (SSSR count). The molecule has 0 aliphatic heterocycles. The molecule has 0 fully saturated rings. The fourth-order valence-corrected chi connectivity index (χ4v) is 10.4. The molecule has 0 saturated carbocycles. The molecule has 0 bridgehead atoms. The van der Waals surface area contributed by atoms with Gasteiger partial charge in [0.05, 0.1) is 22.3 Å². The fraction of sp³-hybridized carbons (Fsp3) is 0.500. The van der Waals surface area contributed by atoms with Crippen molar-refractivity contribution in [2.24, 2.45) is 0 Å². The summed E-state index contributed by atoms with van der Waals surface area (Å²) in [7, 11) is -5.36. The third-order valence-corrected chi connectivity index (χ3v) is 13.8. The van der Waals surface area contributed by atoms with Gasteiger partial charge in [-0.2, -0.15) is 0 Å². The Balaban J connectivity index is 2.26. The molecule has 2 amide bonds. The quantitative estimate of drug-likeness (QED) is 0.0658. The summed E-state index contributed by atoms with van der Waals surface area (Å²) < 4.78 is 29.1. The van der Waals surface area contributed by atoms with Crippen molar-refractivity contribution in [3.05, 3.63) is 69.8 Å². The van der Waals surface area contributed by atoms with Crippen LogP contribution in [-0.4, -0.2) is 103 Å². The van der Waals surface area contributed by atoms with Gasteiger partial charge in [0, 0.05) is 63.3 Å². The van der Waals surface area contributed by atoms with Gasteiger partial charge in [-0.25, -0.2) is 9.59 Å². The van der Waals surface area contributed by atoms with Crippen molar-refractivity contribution >= 4 is 46.9 Å². The number of amides is 2. The standard InChI is InChI=1S/C34H50N2O12Si2/c1-7-44-49(6,45-8-2)20-12-18-35-31(38)28-22-24(14-16-26(28)33(40)41)30(37)25-15-17-27(34(42)43)29(23-25)32(39)36-19-13-21-50(46-9-3,47-10-4)48-11-5/h14-17,22-23H,7-13,18-21H2,1-6H3,(H,35,38)(H,36,39)(H,40,41)(H,42,43). The van der Waals surface area contributed by atoms with Gasteiger partial charge in [0.2, 0.25) is 0 Å². The van der Waals surface area contributed by atoms with E-state index in [9.17, 15) is 34.2 Å². The summed E-state index contributed by atoms with van der Waals surface area (Å²) in [5, 5.41) is 24.9. The van der Waals surface area contributed by atoms with Gasteiger partial charge in [0.1, 0.15) is 0 Å². The highest BCUT2D eigenvalue weighted by molar-refractivity contribution is 6.66. The summed E-state index contributed by atoms with van der Waals surface area (Å²) in [5.41, 5.74) is -1.11. The molecule has 0 aliphatic carbocycles. The molecule has 0 spiro atoms. The maximum Gasteiger partial charge on any atom is 0.500 e. The molecule has 16 heteroatoms. The van der Waals surface area contributed by atoms with E-state index in [0.29, 0.717) is 58.0 Å². The van der Waals surface area contributed by atoms with Crippen molar-refractivity contribution in [3.63, 3.8) is 0 Å². The number of carbonyl (C=O) groups is 5. The first-order chi connectivity index (χ1) is 23.8. The SMILES string of the molecule is CCO[Si](C)(CCCNC(=O)c1cc(C(=O)c2ccc(C(=O)O)c(C(=O)NCCC[Si](OCC)(OCC)OCC)c2)ccc1C(=O)O)OCC. The van der Waals surface area contributed by atoms with E-state index in [0.717, 1.165) is 12.1 Å². The Morgan fingerprint density at radius 3 is 1.32 bits per heavy atom. The monoisotopic (exact) mass is 734 g/mol.